The Morgan fingerprint density at radius 3 is 2.74 bits per heavy atom. The summed E-state index contributed by atoms with van der Waals surface area (Å²) in [5.74, 6) is 0.419. The van der Waals surface area contributed by atoms with Crippen molar-refractivity contribution in [1.29, 1.82) is 5.26 Å². The second-order valence-electron chi connectivity index (χ2n) is 6.44. The maximum atomic E-state index is 14.4. The molecule has 2 aromatic heterocycles. The van der Waals surface area contributed by atoms with Gasteiger partial charge in [-0.25, -0.2) is 13.9 Å². The monoisotopic (exact) mass is 359 g/mol. The molecule has 0 radical (unpaired) electrons. The number of aryl methyl sites for hydroxylation is 1. The van der Waals surface area contributed by atoms with Crippen molar-refractivity contribution in [2.75, 3.05) is 11.4 Å². The number of rotatable bonds is 4. The molecule has 4 aromatic rings. The van der Waals surface area contributed by atoms with Gasteiger partial charge in [-0.05, 0) is 38.1 Å². The molecule has 134 valence electrons. The largest absolute Gasteiger partial charge is 0.352 e. The van der Waals surface area contributed by atoms with E-state index in [4.69, 9.17) is 10.2 Å². The minimum Gasteiger partial charge on any atom is -0.352 e. The molecule has 0 saturated heterocycles. The number of aromatic nitrogens is 3. The Bertz CT molecular complexity index is 1190. The number of para-hydroxylation sites is 1. The van der Waals surface area contributed by atoms with Crippen LogP contribution in [0.2, 0.25) is 0 Å². The Labute approximate surface area is 156 Å². The van der Waals surface area contributed by atoms with Gasteiger partial charge < -0.3 is 4.90 Å². The molecule has 0 aliphatic rings. The number of nitriles is 1. The van der Waals surface area contributed by atoms with E-state index in [1.54, 1.807) is 12.1 Å². The topological polar surface area (TPSA) is 57.2 Å². The van der Waals surface area contributed by atoms with Gasteiger partial charge in [-0.15, -0.1) is 0 Å². The van der Waals surface area contributed by atoms with Gasteiger partial charge in [0.15, 0.2) is 5.65 Å². The van der Waals surface area contributed by atoms with Crippen LogP contribution in [0.3, 0.4) is 0 Å². The van der Waals surface area contributed by atoms with Crippen molar-refractivity contribution in [3.8, 4) is 6.07 Å². The molecule has 5 nitrogen and oxygen atoms in total. The van der Waals surface area contributed by atoms with E-state index in [0.717, 1.165) is 28.1 Å². The van der Waals surface area contributed by atoms with E-state index in [-0.39, 0.29) is 5.82 Å². The zero-order chi connectivity index (χ0) is 19.0. The summed E-state index contributed by atoms with van der Waals surface area (Å²) in [5, 5.41) is 14.4. The first-order valence-corrected chi connectivity index (χ1v) is 8.79. The van der Waals surface area contributed by atoms with Gasteiger partial charge in [-0.2, -0.15) is 10.4 Å². The van der Waals surface area contributed by atoms with Gasteiger partial charge in [0.25, 0.3) is 0 Å². The van der Waals surface area contributed by atoms with Crippen LogP contribution in [0.5, 0.6) is 0 Å². The number of nitrogens with zero attached hydrogens (tertiary/aromatic N) is 5. The van der Waals surface area contributed by atoms with E-state index in [2.05, 4.69) is 5.10 Å². The van der Waals surface area contributed by atoms with Crippen molar-refractivity contribution in [3.05, 3.63) is 71.2 Å². The van der Waals surface area contributed by atoms with Crippen LogP contribution >= 0.6 is 0 Å². The van der Waals surface area contributed by atoms with Crippen LogP contribution in [0.4, 0.5) is 10.2 Å². The van der Waals surface area contributed by atoms with Gasteiger partial charge in [0, 0.05) is 30.1 Å². The quantitative estimate of drug-likeness (QED) is 0.547. The molecule has 6 heteroatoms. The van der Waals surface area contributed by atoms with Crippen molar-refractivity contribution in [2.24, 2.45) is 0 Å². The smallest absolute Gasteiger partial charge is 0.158 e. The standard InChI is InChI=1S/C21H18FN5/c1-3-26(13-16-9-8-15(12-23)11-18(16)22)21-17-6-4-5-7-19(17)27-20(24-21)10-14(2)25-27/h4-11H,3,13H2,1-2H3. The molecule has 0 N–H and O–H groups in total. The fourth-order valence-corrected chi connectivity index (χ4v) is 3.29. The van der Waals surface area contributed by atoms with Crippen LogP contribution in [-0.4, -0.2) is 21.1 Å². The van der Waals surface area contributed by atoms with Gasteiger partial charge >= 0.3 is 0 Å². The molecule has 0 aliphatic heterocycles. The van der Waals surface area contributed by atoms with E-state index in [1.165, 1.54) is 6.07 Å². The summed E-state index contributed by atoms with van der Waals surface area (Å²) >= 11 is 0. The maximum absolute atomic E-state index is 14.4. The van der Waals surface area contributed by atoms with E-state index < -0.39 is 0 Å². The molecular weight excluding hydrogens is 341 g/mol. The molecule has 0 unspecified atom stereocenters. The van der Waals surface area contributed by atoms with Gasteiger partial charge in [-0.1, -0.05) is 18.2 Å². The normalized spacial score (nSPS) is 11.0. The molecule has 4 rings (SSSR count). The first kappa shape index (κ1) is 17.0. The van der Waals surface area contributed by atoms with E-state index in [0.29, 0.717) is 24.2 Å². The summed E-state index contributed by atoms with van der Waals surface area (Å²) < 4.78 is 16.2. The molecular formula is C21H18FN5. The molecule has 0 fully saturated rings. The van der Waals surface area contributed by atoms with Crippen LogP contribution in [0.25, 0.3) is 16.6 Å². The van der Waals surface area contributed by atoms with Crippen LogP contribution in [-0.2, 0) is 6.54 Å². The van der Waals surface area contributed by atoms with Gasteiger partial charge in [0.2, 0.25) is 0 Å². The fraction of sp³-hybridized carbons (Fsp3) is 0.190. The summed E-state index contributed by atoms with van der Waals surface area (Å²) in [5.41, 5.74) is 3.47. The first-order valence-electron chi connectivity index (χ1n) is 8.79. The lowest BCUT2D eigenvalue weighted by atomic mass is 10.1. The molecule has 0 spiro atoms. The molecule has 27 heavy (non-hydrogen) atoms. The average molecular weight is 359 g/mol. The van der Waals surface area contributed by atoms with Gasteiger partial charge in [0.05, 0.1) is 22.8 Å². The van der Waals surface area contributed by atoms with Crippen molar-refractivity contribution in [1.82, 2.24) is 14.6 Å². The highest BCUT2D eigenvalue weighted by molar-refractivity contribution is 5.91. The summed E-state index contributed by atoms with van der Waals surface area (Å²) in [4.78, 5) is 6.84. The third kappa shape index (κ3) is 2.97. The molecule has 0 saturated carbocycles. The minimum absolute atomic E-state index is 0.319. The van der Waals surface area contributed by atoms with Gasteiger partial charge in [0.1, 0.15) is 11.6 Å². The van der Waals surface area contributed by atoms with Crippen molar-refractivity contribution in [2.45, 2.75) is 20.4 Å². The average Bonchev–Trinajstić information content (AvgIpc) is 3.07. The lowest BCUT2D eigenvalue weighted by molar-refractivity contribution is 0.604. The third-order valence-corrected chi connectivity index (χ3v) is 4.63. The lowest BCUT2D eigenvalue weighted by Gasteiger charge is -2.24. The summed E-state index contributed by atoms with van der Waals surface area (Å²) in [7, 11) is 0. The van der Waals surface area contributed by atoms with Crippen molar-refractivity contribution in [3.63, 3.8) is 0 Å². The number of anilines is 1. The van der Waals surface area contributed by atoms with Crippen molar-refractivity contribution >= 4 is 22.4 Å². The SMILES string of the molecule is CCN(Cc1ccc(C#N)cc1F)c1nc2cc(C)nn2c2ccccc12. The second-order valence-corrected chi connectivity index (χ2v) is 6.44. The second kappa shape index (κ2) is 6.69. The van der Waals surface area contributed by atoms with Gasteiger partial charge in [-0.3, -0.25) is 0 Å². The Morgan fingerprint density at radius 2 is 2.00 bits per heavy atom. The number of halogens is 1. The summed E-state index contributed by atoms with van der Waals surface area (Å²) in [6.45, 7) is 4.99. The van der Waals surface area contributed by atoms with Crippen LogP contribution in [0, 0.1) is 24.1 Å². The van der Waals surface area contributed by atoms with E-state index in [9.17, 15) is 4.39 Å². The zero-order valence-electron chi connectivity index (χ0n) is 15.1. The minimum atomic E-state index is -0.377. The predicted octanol–water partition coefficient (Wildman–Crippen LogP) is 4.23. The first-order chi connectivity index (χ1) is 13.1. The zero-order valence-corrected chi connectivity index (χ0v) is 15.1. The maximum Gasteiger partial charge on any atom is 0.158 e. The van der Waals surface area contributed by atoms with E-state index >= 15 is 0 Å². The summed E-state index contributed by atoms with van der Waals surface area (Å²) in [6, 6.07) is 16.4. The Hall–Kier alpha value is -3.46. The molecule has 2 aromatic carbocycles. The summed E-state index contributed by atoms with van der Waals surface area (Å²) in [6.07, 6.45) is 0. The highest BCUT2D eigenvalue weighted by Gasteiger charge is 2.16. The lowest BCUT2D eigenvalue weighted by Crippen LogP contribution is -2.24. The van der Waals surface area contributed by atoms with E-state index in [1.807, 2.05) is 59.7 Å². The Kier molecular flexibility index (Phi) is 4.21. The number of hydrogen-bond acceptors (Lipinski definition) is 4. The Balaban J connectivity index is 1.84. The Morgan fingerprint density at radius 1 is 1.19 bits per heavy atom. The van der Waals surface area contributed by atoms with Crippen LogP contribution in [0.1, 0.15) is 23.7 Å². The highest BCUT2D eigenvalue weighted by atomic mass is 19.1. The molecule has 0 bridgehead atoms. The number of benzene rings is 2. The number of fused-ring (bicyclic) bond motifs is 3. The van der Waals surface area contributed by atoms with Crippen molar-refractivity contribution < 1.29 is 4.39 Å². The molecule has 0 atom stereocenters. The van der Waals surface area contributed by atoms with Crippen LogP contribution < -0.4 is 4.90 Å². The third-order valence-electron chi connectivity index (χ3n) is 4.63. The van der Waals surface area contributed by atoms with Crippen LogP contribution in [0.15, 0.2) is 48.5 Å². The fourth-order valence-electron chi connectivity index (χ4n) is 3.29. The molecule has 0 aliphatic carbocycles. The highest BCUT2D eigenvalue weighted by Crippen LogP contribution is 2.28. The predicted molar refractivity (Wildman–Crippen MR) is 103 cm³/mol. The molecule has 2 heterocycles. The molecule has 0 amide bonds. The number of hydrogen-bond donors (Lipinski definition) is 0.